The van der Waals surface area contributed by atoms with E-state index in [1.165, 1.54) is 5.56 Å². The second-order valence-electron chi connectivity index (χ2n) is 6.88. The predicted octanol–water partition coefficient (Wildman–Crippen LogP) is 4.03. The molecule has 150 valence electrons. The van der Waals surface area contributed by atoms with Gasteiger partial charge in [0.25, 0.3) is 5.91 Å². The van der Waals surface area contributed by atoms with Crippen LogP contribution in [0.4, 0.5) is 10.5 Å². The first kappa shape index (κ1) is 21.4. The number of anilines is 1. The van der Waals surface area contributed by atoms with E-state index >= 15 is 0 Å². The zero-order chi connectivity index (χ0) is 20.5. The summed E-state index contributed by atoms with van der Waals surface area (Å²) in [5, 5.41) is 5.57. The van der Waals surface area contributed by atoms with Crippen molar-refractivity contribution in [3.05, 3.63) is 65.2 Å². The van der Waals surface area contributed by atoms with E-state index in [0.29, 0.717) is 30.4 Å². The van der Waals surface area contributed by atoms with E-state index in [9.17, 15) is 9.59 Å². The van der Waals surface area contributed by atoms with Crippen LogP contribution in [0.25, 0.3) is 0 Å². The van der Waals surface area contributed by atoms with Crippen molar-refractivity contribution >= 4 is 17.7 Å². The summed E-state index contributed by atoms with van der Waals surface area (Å²) in [6, 6.07) is 15.3. The highest BCUT2D eigenvalue weighted by atomic mass is 16.5. The maximum atomic E-state index is 12.5. The molecule has 28 heavy (non-hydrogen) atoms. The fourth-order valence-electron chi connectivity index (χ4n) is 2.60. The summed E-state index contributed by atoms with van der Waals surface area (Å²) < 4.78 is 4.83. The lowest BCUT2D eigenvalue weighted by atomic mass is 10.1. The summed E-state index contributed by atoms with van der Waals surface area (Å²) in [5.74, 6) is -0.158. The van der Waals surface area contributed by atoms with Gasteiger partial charge in [0.1, 0.15) is 0 Å². The normalized spacial score (nSPS) is 10.8. The first-order valence-electron chi connectivity index (χ1n) is 9.49. The number of carbonyl (C=O) groups excluding carboxylic acids is 2. The highest BCUT2D eigenvalue weighted by molar-refractivity contribution is 5.95. The number of amides is 2. The van der Waals surface area contributed by atoms with Crippen molar-refractivity contribution in [2.75, 3.05) is 19.0 Å². The summed E-state index contributed by atoms with van der Waals surface area (Å²) >= 11 is 0. The molecule has 2 N–H and O–H groups in total. The van der Waals surface area contributed by atoms with Gasteiger partial charge in [-0.05, 0) is 63.2 Å². The van der Waals surface area contributed by atoms with Crippen LogP contribution in [0.15, 0.2) is 48.5 Å². The number of hydrogen-bond donors (Lipinski definition) is 2. The third-order valence-electron chi connectivity index (χ3n) is 4.53. The summed E-state index contributed by atoms with van der Waals surface area (Å²) in [6.45, 7) is 7.66. The minimum absolute atomic E-state index is 0.158. The Morgan fingerprint density at radius 1 is 1.04 bits per heavy atom. The van der Waals surface area contributed by atoms with Gasteiger partial charge in [0.05, 0.1) is 6.61 Å². The first-order valence-corrected chi connectivity index (χ1v) is 9.49. The van der Waals surface area contributed by atoms with Crippen LogP contribution in [0.1, 0.15) is 42.3 Å². The fraction of sp³-hybridized carbons (Fsp3) is 0.364. The number of benzene rings is 2. The van der Waals surface area contributed by atoms with Gasteiger partial charge in [-0.15, -0.1) is 0 Å². The van der Waals surface area contributed by atoms with Crippen molar-refractivity contribution in [1.82, 2.24) is 10.2 Å². The molecule has 6 nitrogen and oxygen atoms in total. The predicted molar refractivity (Wildman–Crippen MR) is 111 cm³/mol. The zero-order valence-corrected chi connectivity index (χ0v) is 17.0. The molecule has 2 amide bonds. The lowest BCUT2D eigenvalue weighted by Gasteiger charge is -2.22. The molecule has 0 aliphatic carbocycles. The Balaban J connectivity index is 1.96. The molecule has 0 bridgehead atoms. The molecule has 2 rings (SSSR count). The SMILES string of the molecule is CCOC(=O)Nc1ccc(C(=O)NCc2ccccc2CN(C)C(C)C)cc1. The van der Waals surface area contributed by atoms with Gasteiger partial charge in [0.2, 0.25) is 0 Å². The van der Waals surface area contributed by atoms with Crippen LogP contribution in [-0.2, 0) is 17.8 Å². The fourth-order valence-corrected chi connectivity index (χ4v) is 2.60. The summed E-state index contributed by atoms with van der Waals surface area (Å²) in [5.41, 5.74) is 3.42. The minimum atomic E-state index is -0.511. The number of nitrogens with zero attached hydrogens (tertiary/aromatic N) is 1. The van der Waals surface area contributed by atoms with Crippen molar-refractivity contribution in [2.45, 2.75) is 39.9 Å². The summed E-state index contributed by atoms with van der Waals surface area (Å²) in [6.07, 6.45) is -0.511. The highest BCUT2D eigenvalue weighted by Crippen LogP contribution is 2.14. The molecule has 0 atom stereocenters. The van der Waals surface area contributed by atoms with E-state index in [2.05, 4.69) is 42.5 Å². The first-order chi connectivity index (χ1) is 13.4. The van der Waals surface area contributed by atoms with Crippen LogP contribution < -0.4 is 10.6 Å². The molecule has 2 aromatic rings. The molecular weight excluding hydrogens is 354 g/mol. The Bertz CT molecular complexity index is 788. The quantitative estimate of drug-likeness (QED) is 0.722. The van der Waals surface area contributed by atoms with Crippen molar-refractivity contribution in [2.24, 2.45) is 0 Å². The van der Waals surface area contributed by atoms with Crippen LogP contribution in [-0.4, -0.2) is 36.6 Å². The maximum absolute atomic E-state index is 12.5. The third-order valence-corrected chi connectivity index (χ3v) is 4.53. The highest BCUT2D eigenvalue weighted by Gasteiger charge is 2.10. The average Bonchev–Trinajstić information content (AvgIpc) is 2.67. The Morgan fingerprint density at radius 3 is 2.29 bits per heavy atom. The van der Waals surface area contributed by atoms with E-state index in [1.54, 1.807) is 31.2 Å². The smallest absolute Gasteiger partial charge is 0.411 e. The van der Waals surface area contributed by atoms with Crippen LogP contribution in [0, 0.1) is 0 Å². The molecule has 0 heterocycles. The number of hydrogen-bond acceptors (Lipinski definition) is 4. The van der Waals surface area contributed by atoms with Gasteiger partial charge in [-0.25, -0.2) is 4.79 Å². The van der Waals surface area contributed by atoms with Crippen LogP contribution in [0.3, 0.4) is 0 Å². The Kier molecular flexibility index (Phi) is 8.02. The molecule has 0 aliphatic heterocycles. The monoisotopic (exact) mass is 383 g/mol. The number of carbonyl (C=O) groups is 2. The second-order valence-corrected chi connectivity index (χ2v) is 6.88. The van der Waals surface area contributed by atoms with Gasteiger partial charge in [-0.1, -0.05) is 24.3 Å². The molecule has 0 saturated heterocycles. The lowest BCUT2D eigenvalue weighted by molar-refractivity contribution is 0.0950. The number of ether oxygens (including phenoxy) is 1. The van der Waals surface area contributed by atoms with Crippen LogP contribution in [0.5, 0.6) is 0 Å². The molecule has 2 aromatic carbocycles. The molecule has 0 saturated carbocycles. The summed E-state index contributed by atoms with van der Waals surface area (Å²) in [7, 11) is 2.09. The molecule has 0 spiro atoms. The van der Waals surface area contributed by atoms with E-state index < -0.39 is 6.09 Å². The molecular formula is C22H29N3O3. The van der Waals surface area contributed by atoms with Gasteiger partial charge in [0, 0.05) is 30.4 Å². The van der Waals surface area contributed by atoms with Crippen molar-refractivity contribution < 1.29 is 14.3 Å². The molecule has 0 unspecified atom stereocenters. The van der Waals surface area contributed by atoms with Crippen molar-refractivity contribution in [3.63, 3.8) is 0 Å². The van der Waals surface area contributed by atoms with Gasteiger partial charge < -0.3 is 10.1 Å². The van der Waals surface area contributed by atoms with E-state index in [1.807, 2.05) is 18.2 Å². The minimum Gasteiger partial charge on any atom is -0.450 e. The Hall–Kier alpha value is -2.86. The number of nitrogens with one attached hydrogen (secondary N) is 2. The zero-order valence-electron chi connectivity index (χ0n) is 17.0. The molecule has 0 aliphatic rings. The van der Waals surface area contributed by atoms with Gasteiger partial charge in [-0.3, -0.25) is 15.0 Å². The van der Waals surface area contributed by atoms with Gasteiger partial charge in [-0.2, -0.15) is 0 Å². The third kappa shape index (κ3) is 6.39. The van der Waals surface area contributed by atoms with E-state index in [4.69, 9.17) is 4.74 Å². The standard InChI is InChI=1S/C22H29N3O3/c1-5-28-22(27)24-20-12-10-17(11-13-20)21(26)23-14-18-8-6-7-9-19(18)15-25(4)16(2)3/h6-13,16H,5,14-15H2,1-4H3,(H,23,26)(H,24,27). The topological polar surface area (TPSA) is 70.7 Å². The average molecular weight is 383 g/mol. The Labute approximate surface area is 166 Å². The van der Waals surface area contributed by atoms with Crippen LogP contribution in [0.2, 0.25) is 0 Å². The molecule has 0 radical (unpaired) electrons. The Morgan fingerprint density at radius 2 is 1.68 bits per heavy atom. The van der Waals surface area contributed by atoms with Crippen molar-refractivity contribution in [1.29, 1.82) is 0 Å². The molecule has 6 heteroatoms. The molecule has 0 fully saturated rings. The van der Waals surface area contributed by atoms with Gasteiger partial charge >= 0.3 is 6.09 Å². The molecule has 0 aromatic heterocycles. The van der Waals surface area contributed by atoms with Crippen molar-refractivity contribution in [3.8, 4) is 0 Å². The van der Waals surface area contributed by atoms with Gasteiger partial charge in [0.15, 0.2) is 0 Å². The summed E-state index contributed by atoms with van der Waals surface area (Å²) in [4.78, 5) is 26.1. The maximum Gasteiger partial charge on any atom is 0.411 e. The van der Waals surface area contributed by atoms with Crippen LogP contribution >= 0.6 is 0 Å². The second kappa shape index (κ2) is 10.5. The van der Waals surface area contributed by atoms with E-state index in [0.717, 1.165) is 12.1 Å². The van der Waals surface area contributed by atoms with E-state index in [-0.39, 0.29) is 5.91 Å². The largest absolute Gasteiger partial charge is 0.450 e. The number of rotatable bonds is 8. The lowest BCUT2D eigenvalue weighted by Crippen LogP contribution is -2.27.